The van der Waals surface area contributed by atoms with Gasteiger partial charge in [0.05, 0.1) is 6.04 Å². The molecule has 7 heteroatoms. The number of carbonyl (C=O) groups is 2. The van der Waals surface area contributed by atoms with Crippen molar-refractivity contribution < 1.29 is 14.7 Å². The van der Waals surface area contributed by atoms with Gasteiger partial charge >= 0.3 is 0 Å². The Morgan fingerprint density at radius 2 is 1.21 bits per heavy atom. The summed E-state index contributed by atoms with van der Waals surface area (Å²) in [6.07, 6.45) is 5.70. The highest BCUT2D eigenvalue weighted by Crippen LogP contribution is 2.31. The van der Waals surface area contributed by atoms with Gasteiger partial charge in [0, 0.05) is 49.1 Å². The molecule has 2 aromatic rings. The topological polar surface area (TPSA) is 60.9 Å². The number of aliphatic hydroxyl groups excluding tert-OH is 1. The van der Waals surface area contributed by atoms with E-state index >= 15 is 0 Å². The van der Waals surface area contributed by atoms with Crippen LogP contribution in [0, 0.1) is 0 Å². The van der Waals surface area contributed by atoms with Crippen LogP contribution in [0.4, 0.5) is 0 Å². The van der Waals surface area contributed by atoms with E-state index in [4.69, 9.17) is 28.3 Å². The van der Waals surface area contributed by atoms with Crippen LogP contribution < -0.4 is 0 Å². The number of Topliss-reactive ketones (excluding diaryl/α,β-unsaturated/α-hetero) is 1. The molecular weight excluding hydrogens is 471 g/mol. The van der Waals surface area contributed by atoms with Crippen LogP contribution in [-0.2, 0) is 9.59 Å². The number of piperazine rings is 1. The molecule has 3 rings (SSSR count). The van der Waals surface area contributed by atoms with E-state index in [1.165, 1.54) is 11.1 Å². The van der Waals surface area contributed by atoms with E-state index in [2.05, 4.69) is 29.2 Å². The minimum absolute atomic E-state index is 0.0875. The first-order valence-electron chi connectivity index (χ1n) is 12.1. The molecule has 1 aliphatic rings. The Kier molecular flexibility index (Phi) is 10.9. The zero-order valence-corrected chi connectivity index (χ0v) is 21.1. The number of unbranched alkanes of at least 4 members (excludes halogenated alkanes) is 4. The fraction of sp³-hybridized carbons (Fsp3) is 0.481. The van der Waals surface area contributed by atoms with Gasteiger partial charge < -0.3 is 10.0 Å². The fourth-order valence-corrected chi connectivity index (χ4v) is 4.75. The molecule has 1 amide bonds. The predicted octanol–water partition coefficient (Wildman–Crippen LogP) is 5.52. The molecule has 2 aromatic carbocycles. The van der Waals surface area contributed by atoms with Crippen molar-refractivity contribution >= 4 is 34.9 Å². The fourth-order valence-electron chi connectivity index (χ4n) is 4.50. The third-order valence-electron chi connectivity index (χ3n) is 6.43. The molecule has 0 aliphatic carbocycles. The lowest BCUT2D eigenvalue weighted by molar-refractivity contribution is -0.133. The number of hydrogen-bond acceptors (Lipinski definition) is 4. The first-order chi connectivity index (χ1) is 16.5. The van der Waals surface area contributed by atoms with Gasteiger partial charge in [0.15, 0.2) is 5.78 Å². The van der Waals surface area contributed by atoms with Crippen LogP contribution in [0.5, 0.6) is 0 Å². The monoisotopic (exact) mass is 504 g/mol. The summed E-state index contributed by atoms with van der Waals surface area (Å²) < 4.78 is 0. The number of nitrogens with zero attached hydrogens (tertiary/aromatic N) is 2. The van der Waals surface area contributed by atoms with Crippen molar-refractivity contribution in [2.45, 2.75) is 51.0 Å². The predicted molar refractivity (Wildman–Crippen MR) is 137 cm³/mol. The summed E-state index contributed by atoms with van der Waals surface area (Å²) in [5.74, 6) is 0.133. The summed E-state index contributed by atoms with van der Waals surface area (Å²) in [5, 5.41) is 10.2. The Bertz CT molecular complexity index is 865. The van der Waals surface area contributed by atoms with Crippen molar-refractivity contribution in [3.05, 3.63) is 69.7 Å². The van der Waals surface area contributed by atoms with Gasteiger partial charge in [0.25, 0.3) is 0 Å². The van der Waals surface area contributed by atoms with E-state index in [1.54, 1.807) is 0 Å². The maximum absolute atomic E-state index is 12.7. The highest BCUT2D eigenvalue weighted by atomic mass is 35.5. The number of aliphatic hydroxyl groups is 1. The average Bonchev–Trinajstić information content (AvgIpc) is 2.86. The Balaban J connectivity index is 1.48. The molecular formula is C27H34Cl2N2O3. The van der Waals surface area contributed by atoms with Crippen LogP contribution in [0.1, 0.15) is 62.1 Å². The van der Waals surface area contributed by atoms with E-state index in [9.17, 15) is 9.59 Å². The molecule has 0 bridgehead atoms. The van der Waals surface area contributed by atoms with E-state index in [-0.39, 0.29) is 24.3 Å². The lowest BCUT2D eigenvalue weighted by atomic mass is 9.96. The van der Waals surface area contributed by atoms with Crippen LogP contribution >= 0.6 is 23.2 Å². The summed E-state index contributed by atoms with van der Waals surface area (Å²) in [6, 6.07) is 16.0. The third-order valence-corrected chi connectivity index (χ3v) is 6.93. The minimum atomic E-state index is -0.359. The van der Waals surface area contributed by atoms with Gasteiger partial charge in [-0.15, -0.1) is 0 Å². The number of benzene rings is 2. The SMILES string of the molecule is O=C(CO)CCCCCCCC(=O)N1CCN(C(c2ccc(Cl)cc2)c2ccc(Cl)cc2)CC1. The van der Waals surface area contributed by atoms with Gasteiger partial charge in [-0.3, -0.25) is 14.5 Å². The number of ketones is 1. The molecule has 0 saturated carbocycles. The Morgan fingerprint density at radius 1 is 0.735 bits per heavy atom. The van der Waals surface area contributed by atoms with E-state index in [0.29, 0.717) is 22.9 Å². The van der Waals surface area contributed by atoms with Crippen molar-refractivity contribution in [2.75, 3.05) is 32.8 Å². The second-order valence-electron chi connectivity index (χ2n) is 8.89. The standard InChI is InChI=1S/C27H34Cl2N2O3/c28-23-12-8-21(9-13-23)27(22-10-14-24(29)15-11-22)31-18-16-30(17-19-31)26(34)7-5-3-1-2-4-6-25(33)20-32/h8-15,27,32H,1-7,16-20H2. The van der Waals surface area contributed by atoms with Crippen molar-refractivity contribution in [1.82, 2.24) is 9.80 Å². The Hall–Kier alpha value is -1.92. The van der Waals surface area contributed by atoms with Gasteiger partial charge in [0.1, 0.15) is 6.61 Å². The number of hydrogen-bond donors (Lipinski definition) is 1. The zero-order chi connectivity index (χ0) is 24.3. The van der Waals surface area contributed by atoms with Gasteiger partial charge in [0.2, 0.25) is 5.91 Å². The second kappa shape index (κ2) is 13.8. The van der Waals surface area contributed by atoms with Gasteiger partial charge in [-0.1, -0.05) is 66.7 Å². The highest BCUT2D eigenvalue weighted by molar-refractivity contribution is 6.30. The first-order valence-corrected chi connectivity index (χ1v) is 12.9. The molecule has 0 atom stereocenters. The van der Waals surface area contributed by atoms with Crippen LogP contribution in [0.2, 0.25) is 10.0 Å². The molecule has 34 heavy (non-hydrogen) atoms. The molecule has 0 aromatic heterocycles. The smallest absolute Gasteiger partial charge is 0.222 e. The summed E-state index contributed by atoms with van der Waals surface area (Å²) in [6.45, 7) is 2.70. The normalized spacial score (nSPS) is 14.5. The lowest BCUT2D eigenvalue weighted by Gasteiger charge is -2.40. The molecule has 0 spiro atoms. The van der Waals surface area contributed by atoms with E-state index in [1.807, 2.05) is 29.2 Å². The molecule has 1 heterocycles. The molecule has 184 valence electrons. The van der Waals surface area contributed by atoms with Crippen molar-refractivity contribution in [1.29, 1.82) is 0 Å². The van der Waals surface area contributed by atoms with Crippen LogP contribution in [0.25, 0.3) is 0 Å². The first kappa shape index (κ1) is 26.7. The Morgan fingerprint density at radius 3 is 1.71 bits per heavy atom. The van der Waals surface area contributed by atoms with Crippen molar-refractivity contribution in [2.24, 2.45) is 0 Å². The zero-order valence-electron chi connectivity index (χ0n) is 19.6. The number of amides is 1. The minimum Gasteiger partial charge on any atom is -0.389 e. The van der Waals surface area contributed by atoms with Crippen LogP contribution in [0.15, 0.2) is 48.5 Å². The summed E-state index contributed by atoms with van der Waals surface area (Å²) in [5.41, 5.74) is 2.35. The molecule has 1 fully saturated rings. The van der Waals surface area contributed by atoms with Crippen LogP contribution in [-0.4, -0.2) is 59.4 Å². The van der Waals surface area contributed by atoms with E-state index < -0.39 is 0 Å². The number of halogens is 2. The Labute approximate surface area is 212 Å². The maximum atomic E-state index is 12.7. The molecule has 1 N–H and O–H groups in total. The van der Waals surface area contributed by atoms with Crippen molar-refractivity contribution in [3.8, 4) is 0 Å². The lowest BCUT2D eigenvalue weighted by Crippen LogP contribution is -2.49. The van der Waals surface area contributed by atoms with E-state index in [0.717, 1.165) is 58.3 Å². The van der Waals surface area contributed by atoms with Gasteiger partial charge in [-0.25, -0.2) is 0 Å². The largest absolute Gasteiger partial charge is 0.389 e. The maximum Gasteiger partial charge on any atom is 0.222 e. The molecule has 1 aliphatic heterocycles. The summed E-state index contributed by atoms with van der Waals surface area (Å²) in [4.78, 5) is 28.2. The third kappa shape index (κ3) is 8.09. The van der Waals surface area contributed by atoms with Crippen molar-refractivity contribution in [3.63, 3.8) is 0 Å². The highest BCUT2D eigenvalue weighted by Gasteiger charge is 2.28. The molecule has 0 unspecified atom stereocenters. The van der Waals surface area contributed by atoms with Crippen LogP contribution in [0.3, 0.4) is 0 Å². The van der Waals surface area contributed by atoms with Gasteiger partial charge in [-0.2, -0.15) is 0 Å². The molecule has 1 saturated heterocycles. The summed E-state index contributed by atoms with van der Waals surface area (Å²) >= 11 is 12.2. The quantitative estimate of drug-likeness (QED) is 0.386. The number of rotatable bonds is 12. The second-order valence-corrected chi connectivity index (χ2v) is 9.76. The molecule has 5 nitrogen and oxygen atoms in total. The average molecular weight is 505 g/mol. The number of carbonyl (C=O) groups excluding carboxylic acids is 2. The summed E-state index contributed by atoms with van der Waals surface area (Å²) in [7, 11) is 0. The molecule has 0 radical (unpaired) electrons. The van der Waals surface area contributed by atoms with Gasteiger partial charge in [-0.05, 0) is 48.2 Å².